The van der Waals surface area contributed by atoms with Gasteiger partial charge in [-0.2, -0.15) is 4.98 Å². The van der Waals surface area contributed by atoms with Gasteiger partial charge < -0.3 is 10.3 Å². The molecule has 3 unspecified atom stereocenters. The van der Waals surface area contributed by atoms with Crippen LogP contribution in [-0.4, -0.2) is 15.1 Å². The molecular weight excluding hydrogens is 240 g/mol. The highest BCUT2D eigenvalue weighted by molar-refractivity contribution is 5.50. The largest absolute Gasteiger partial charge is 0.384 e. The number of rotatable bonds is 2. The number of nitrogen functional groups attached to an aromatic ring is 1. The highest BCUT2D eigenvalue weighted by Gasteiger charge is 2.42. The molecule has 2 aromatic heterocycles. The summed E-state index contributed by atoms with van der Waals surface area (Å²) in [5, 5.41) is 4.16. The van der Waals surface area contributed by atoms with Crippen LogP contribution in [0, 0.1) is 11.8 Å². The molecular formula is C14H16N4O. The fraction of sp³-hybridized carbons (Fsp3) is 0.500. The van der Waals surface area contributed by atoms with Gasteiger partial charge in [-0.05, 0) is 43.2 Å². The highest BCUT2D eigenvalue weighted by Crippen LogP contribution is 2.52. The molecule has 2 heterocycles. The SMILES string of the molecule is Nc1cccc(-c2nc(C3CC4CCC3C4)no2)n1. The summed E-state index contributed by atoms with van der Waals surface area (Å²) in [7, 11) is 0. The molecule has 5 nitrogen and oxygen atoms in total. The van der Waals surface area contributed by atoms with Crippen molar-refractivity contribution in [3.05, 3.63) is 24.0 Å². The Balaban J connectivity index is 1.63. The zero-order valence-corrected chi connectivity index (χ0v) is 10.6. The summed E-state index contributed by atoms with van der Waals surface area (Å²) < 4.78 is 5.35. The topological polar surface area (TPSA) is 77.8 Å². The van der Waals surface area contributed by atoms with Crippen molar-refractivity contribution < 1.29 is 4.52 Å². The van der Waals surface area contributed by atoms with E-state index in [1.807, 2.05) is 12.1 Å². The second kappa shape index (κ2) is 4.05. The Hall–Kier alpha value is -1.91. The molecule has 2 aliphatic rings. The first-order valence-corrected chi connectivity index (χ1v) is 6.86. The third kappa shape index (κ3) is 1.80. The van der Waals surface area contributed by atoms with Gasteiger partial charge in [0.1, 0.15) is 11.5 Å². The lowest BCUT2D eigenvalue weighted by atomic mass is 9.88. The third-order valence-electron chi connectivity index (χ3n) is 4.50. The van der Waals surface area contributed by atoms with E-state index in [2.05, 4.69) is 15.1 Å². The van der Waals surface area contributed by atoms with Crippen LogP contribution < -0.4 is 5.73 Å². The molecule has 0 spiro atoms. The fourth-order valence-electron chi connectivity index (χ4n) is 3.62. The van der Waals surface area contributed by atoms with Crippen LogP contribution in [0.3, 0.4) is 0 Å². The molecule has 2 saturated carbocycles. The number of hydrogen-bond acceptors (Lipinski definition) is 5. The van der Waals surface area contributed by atoms with Crippen molar-refractivity contribution in [3.63, 3.8) is 0 Å². The lowest BCUT2D eigenvalue weighted by Gasteiger charge is -2.17. The predicted molar refractivity (Wildman–Crippen MR) is 70.1 cm³/mol. The van der Waals surface area contributed by atoms with Crippen LogP contribution in [0.5, 0.6) is 0 Å². The number of nitrogens with two attached hydrogens (primary N) is 1. The Morgan fingerprint density at radius 3 is 2.84 bits per heavy atom. The van der Waals surface area contributed by atoms with Crippen molar-refractivity contribution in [3.8, 4) is 11.6 Å². The number of anilines is 1. The van der Waals surface area contributed by atoms with Gasteiger partial charge >= 0.3 is 0 Å². The molecule has 0 aliphatic heterocycles. The van der Waals surface area contributed by atoms with Gasteiger partial charge in [0.15, 0.2) is 5.82 Å². The Morgan fingerprint density at radius 2 is 2.11 bits per heavy atom. The first-order chi connectivity index (χ1) is 9.29. The molecule has 4 rings (SSSR count). The minimum Gasteiger partial charge on any atom is -0.384 e. The lowest BCUT2D eigenvalue weighted by Crippen LogP contribution is -2.09. The number of nitrogens with zero attached hydrogens (tertiary/aromatic N) is 3. The summed E-state index contributed by atoms with van der Waals surface area (Å²) in [6, 6.07) is 5.43. The van der Waals surface area contributed by atoms with Crippen molar-refractivity contribution in [2.24, 2.45) is 11.8 Å². The maximum Gasteiger partial charge on any atom is 0.276 e. The Labute approximate surface area is 111 Å². The van der Waals surface area contributed by atoms with Gasteiger partial charge in [-0.1, -0.05) is 17.6 Å². The van der Waals surface area contributed by atoms with E-state index in [1.165, 1.54) is 25.7 Å². The van der Waals surface area contributed by atoms with Crippen LogP contribution in [0.25, 0.3) is 11.6 Å². The van der Waals surface area contributed by atoms with Crippen LogP contribution >= 0.6 is 0 Å². The minimum atomic E-state index is 0.470. The second-order valence-corrected chi connectivity index (χ2v) is 5.69. The number of pyridine rings is 1. The van der Waals surface area contributed by atoms with Crippen molar-refractivity contribution in [1.82, 2.24) is 15.1 Å². The molecule has 0 amide bonds. The number of fused-ring (bicyclic) bond motifs is 2. The summed E-state index contributed by atoms with van der Waals surface area (Å²) >= 11 is 0. The summed E-state index contributed by atoms with van der Waals surface area (Å²) in [4.78, 5) is 8.74. The summed E-state index contributed by atoms with van der Waals surface area (Å²) in [5.74, 6) is 3.91. The zero-order chi connectivity index (χ0) is 12.8. The quantitative estimate of drug-likeness (QED) is 0.893. The smallest absolute Gasteiger partial charge is 0.276 e. The molecule has 2 bridgehead atoms. The van der Waals surface area contributed by atoms with E-state index in [-0.39, 0.29) is 0 Å². The van der Waals surface area contributed by atoms with E-state index >= 15 is 0 Å². The van der Waals surface area contributed by atoms with Gasteiger partial charge in [0.2, 0.25) is 0 Å². The van der Waals surface area contributed by atoms with Crippen LogP contribution in [0.4, 0.5) is 5.82 Å². The monoisotopic (exact) mass is 256 g/mol. The van der Waals surface area contributed by atoms with E-state index in [0.29, 0.717) is 23.3 Å². The molecule has 98 valence electrons. The molecule has 2 aliphatic carbocycles. The molecule has 2 aromatic rings. The predicted octanol–water partition coefficient (Wildman–Crippen LogP) is 2.62. The van der Waals surface area contributed by atoms with Gasteiger partial charge in [-0.15, -0.1) is 0 Å². The van der Waals surface area contributed by atoms with Crippen LogP contribution in [0.1, 0.15) is 37.4 Å². The normalized spacial score (nSPS) is 28.9. The van der Waals surface area contributed by atoms with E-state index in [0.717, 1.165) is 17.7 Å². The molecule has 3 atom stereocenters. The molecule has 2 N–H and O–H groups in total. The van der Waals surface area contributed by atoms with Crippen molar-refractivity contribution in [1.29, 1.82) is 0 Å². The van der Waals surface area contributed by atoms with Crippen LogP contribution in [-0.2, 0) is 0 Å². The van der Waals surface area contributed by atoms with Crippen molar-refractivity contribution in [2.75, 3.05) is 5.73 Å². The number of hydrogen-bond donors (Lipinski definition) is 1. The Bertz CT molecular complexity index is 609. The maximum absolute atomic E-state index is 5.67. The molecule has 2 fully saturated rings. The summed E-state index contributed by atoms with van der Waals surface area (Å²) in [6.07, 6.45) is 5.25. The standard InChI is InChI=1S/C14H16N4O/c15-12-3-1-2-11(16-12)14-17-13(18-19-14)10-7-8-4-5-9(10)6-8/h1-3,8-10H,4-7H2,(H2,15,16). The lowest BCUT2D eigenvalue weighted by molar-refractivity contribution is 0.372. The number of aromatic nitrogens is 3. The van der Waals surface area contributed by atoms with E-state index in [4.69, 9.17) is 10.3 Å². The van der Waals surface area contributed by atoms with Crippen molar-refractivity contribution >= 4 is 5.82 Å². The van der Waals surface area contributed by atoms with Crippen molar-refractivity contribution in [2.45, 2.75) is 31.6 Å². The van der Waals surface area contributed by atoms with Gasteiger partial charge in [0.05, 0.1) is 0 Å². The summed E-state index contributed by atoms with van der Waals surface area (Å²) in [6.45, 7) is 0. The molecule has 19 heavy (non-hydrogen) atoms. The fourth-order valence-corrected chi connectivity index (χ4v) is 3.62. The Morgan fingerprint density at radius 1 is 1.16 bits per heavy atom. The first-order valence-electron chi connectivity index (χ1n) is 6.86. The second-order valence-electron chi connectivity index (χ2n) is 5.69. The van der Waals surface area contributed by atoms with Gasteiger partial charge in [0, 0.05) is 5.92 Å². The third-order valence-corrected chi connectivity index (χ3v) is 4.50. The molecule has 5 heteroatoms. The molecule has 0 radical (unpaired) electrons. The molecule has 0 saturated heterocycles. The Kier molecular flexibility index (Phi) is 2.33. The molecule has 0 aromatic carbocycles. The minimum absolute atomic E-state index is 0.470. The van der Waals surface area contributed by atoms with Crippen LogP contribution in [0.15, 0.2) is 22.7 Å². The maximum atomic E-state index is 5.67. The highest BCUT2D eigenvalue weighted by atomic mass is 16.5. The zero-order valence-electron chi connectivity index (χ0n) is 10.6. The summed E-state index contributed by atoms with van der Waals surface area (Å²) in [5.41, 5.74) is 6.33. The van der Waals surface area contributed by atoms with Gasteiger partial charge in [-0.3, -0.25) is 0 Å². The van der Waals surface area contributed by atoms with Crippen LogP contribution in [0.2, 0.25) is 0 Å². The average molecular weight is 256 g/mol. The first kappa shape index (κ1) is 11.0. The average Bonchev–Trinajstić information content (AvgIpc) is 3.14. The van der Waals surface area contributed by atoms with Gasteiger partial charge in [-0.25, -0.2) is 4.98 Å². The van der Waals surface area contributed by atoms with E-state index in [1.54, 1.807) is 6.07 Å². The van der Waals surface area contributed by atoms with E-state index in [9.17, 15) is 0 Å². The van der Waals surface area contributed by atoms with Gasteiger partial charge in [0.25, 0.3) is 5.89 Å². The van der Waals surface area contributed by atoms with E-state index < -0.39 is 0 Å².